The van der Waals surface area contributed by atoms with E-state index in [2.05, 4.69) is 9.62 Å². The van der Waals surface area contributed by atoms with Crippen molar-refractivity contribution in [3.05, 3.63) is 47.5 Å². The molecule has 0 bridgehead atoms. The van der Waals surface area contributed by atoms with Crippen molar-refractivity contribution >= 4 is 29.3 Å². The monoisotopic (exact) mass is 539 g/mol. The van der Waals surface area contributed by atoms with Crippen molar-refractivity contribution in [2.75, 3.05) is 24.5 Å². The molecule has 2 atom stereocenters. The Morgan fingerprint density at radius 2 is 1.70 bits per heavy atom. The van der Waals surface area contributed by atoms with E-state index in [0.29, 0.717) is 11.3 Å². The van der Waals surface area contributed by atoms with E-state index in [4.69, 9.17) is 15.6 Å². The molecule has 1 heterocycles. The largest absolute Gasteiger partial charge is 0.508 e. The molecule has 0 spiro atoms. The van der Waals surface area contributed by atoms with E-state index in [1.54, 1.807) is 24.1 Å². The molecule has 0 amide bonds. The summed E-state index contributed by atoms with van der Waals surface area (Å²) in [6.45, 7) is 8.20. The molecule has 37 heavy (non-hydrogen) atoms. The highest BCUT2D eigenvalue weighted by Crippen LogP contribution is 2.35. The molecule has 0 aliphatic carbocycles. The van der Waals surface area contributed by atoms with E-state index in [1.165, 1.54) is 11.0 Å². The number of rotatable bonds is 10. The number of nitrogens with zero attached hydrogens (tertiary/aromatic N) is 2. The van der Waals surface area contributed by atoms with Gasteiger partial charge in [-0.15, -0.1) is 0 Å². The summed E-state index contributed by atoms with van der Waals surface area (Å²) in [5.41, 5.74) is 0.971. The van der Waals surface area contributed by atoms with Gasteiger partial charge in [0.2, 0.25) is 0 Å². The number of ether oxygens (including phenoxy) is 1. The highest BCUT2D eigenvalue weighted by molar-refractivity contribution is 7.97. The van der Waals surface area contributed by atoms with Gasteiger partial charge in [-0.3, -0.25) is 21.0 Å². The Morgan fingerprint density at radius 1 is 1.08 bits per heavy atom. The molecule has 8 nitrogen and oxygen atoms in total. The summed E-state index contributed by atoms with van der Waals surface area (Å²) < 4.78 is 45.3. The Balaban J connectivity index is 1.94. The highest BCUT2D eigenvalue weighted by atomic mass is 32.2. The quantitative estimate of drug-likeness (QED) is 0.121. The van der Waals surface area contributed by atoms with Gasteiger partial charge in [-0.05, 0) is 53.8 Å². The fourth-order valence-electron chi connectivity index (χ4n) is 3.73. The van der Waals surface area contributed by atoms with E-state index in [0.717, 1.165) is 24.1 Å². The summed E-state index contributed by atoms with van der Waals surface area (Å²) in [7, 11) is 0. The number of benzene rings is 2. The summed E-state index contributed by atoms with van der Waals surface area (Å²) in [4.78, 5) is 2.16. The van der Waals surface area contributed by atoms with E-state index in [-0.39, 0.29) is 34.7 Å². The van der Waals surface area contributed by atoms with Gasteiger partial charge in [-0.1, -0.05) is 27.7 Å². The summed E-state index contributed by atoms with van der Waals surface area (Å²) in [5.74, 6) is -1.13. The summed E-state index contributed by atoms with van der Waals surface area (Å²) in [6, 6.07) is 9.69. The second-order valence-electron chi connectivity index (χ2n) is 8.82. The maximum absolute atomic E-state index is 12.6. The number of hydrogen-bond donors (Lipinski definition) is 5. The SMILES string of the molecule is CCN(CC)Sc1ccc(N(C(=N)c2cc(C(C)C)c(O)cc2O)C(=N)C2OC2NCC(F)(F)F)cc1. The summed E-state index contributed by atoms with van der Waals surface area (Å²) in [5, 5.41) is 40.6. The second kappa shape index (κ2) is 11.7. The van der Waals surface area contributed by atoms with Gasteiger partial charge in [0.1, 0.15) is 29.4 Å². The third kappa shape index (κ3) is 7.16. The van der Waals surface area contributed by atoms with Crippen molar-refractivity contribution in [2.24, 2.45) is 0 Å². The number of hydrogen-bond acceptors (Lipinski definition) is 8. The molecule has 202 valence electrons. The molecule has 0 radical (unpaired) electrons. The molecule has 2 aromatic rings. The molecule has 2 unspecified atom stereocenters. The van der Waals surface area contributed by atoms with Crippen LogP contribution in [0, 0.1) is 10.8 Å². The number of amidine groups is 2. The topological polar surface area (TPSA) is 119 Å². The zero-order valence-corrected chi connectivity index (χ0v) is 21.9. The van der Waals surface area contributed by atoms with E-state index in [9.17, 15) is 23.4 Å². The Labute approximate surface area is 218 Å². The number of alkyl halides is 3. The lowest BCUT2D eigenvalue weighted by atomic mass is 9.98. The normalized spacial score (nSPS) is 17.3. The third-order valence-corrected chi connectivity index (χ3v) is 7.04. The van der Waals surface area contributed by atoms with Gasteiger partial charge in [0.25, 0.3) is 0 Å². The van der Waals surface area contributed by atoms with Gasteiger partial charge in [-0.2, -0.15) is 13.2 Å². The first-order valence-corrected chi connectivity index (χ1v) is 12.7. The first kappa shape index (κ1) is 28.8. The van der Waals surface area contributed by atoms with Crippen molar-refractivity contribution in [1.29, 1.82) is 10.8 Å². The number of nitrogens with one attached hydrogen (secondary N) is 3. The van der Waals surface area contributed by atoms with Crippen LogP contribution in [0.15, 0.2) is 41.3 Å². The Kier molecular flexibility index (Phi) is 9.11. The molecule has 12 heteroatoms. The molecule has 1 fully saturated rings. The fraction of sp³-hybridized carbons (Fsp3) is 0.440. The van der Waals surface area contributed by atoms with Crippen LogP contribution in [0.3, 0.4) is 0 Å². The van der Waals surface area contributed by atoms with Gasteiger partial charge >= 0.3 is 6.18 Å². The van der Waals surface area contributed by atoms with Crippen molar-refractivity contribution in [2.45, 2.75) is 57.0 Å². The number of halogens is 3. The van der Waals surface area contributed by atoms with Gasteiger partial charge < -0.3 is 14.9 Å². The van der Waals surface area contributed by atoms with Crippen molar-refractivity contribution in [1.82, 2.24) is 9.62 Å². The minimum absolute atomic E-state index is 0.0632. The Morgan fingerprint density at radius 3 is 2.24 bits per heavy atom. The lowest BCUT2D eigenvalue weighted by Gasteiger charge is -2.27. The van der Waals surface area contributed by atoms with Crippen LogP contribution in [0.1, 0.15) is 44.7 Å². The number of aromatic hydroxyl groups is 2. The number of epoxide rings is 1. The van der Waals surface area contributed by atoms with Crippen LogP contribution in [0.25, 0.3) is 0 Å². The van der Waals surface area contributed by atoms with Crippen LogP contribution in [0.4, 0.5) is 18.9 Å². The molecule has 1 aliphatic heterocycles. The van der Waals surface area contributed by atoms with E-state index in [1.807, 2.05) is 39.8 Å². The molecule has 3 rings (SSSR count). The van der Waals surface area contributed by atoms with Crippen molar-refractivity contribution in [3.63, 3.8) is 0 Å². The molecule has 0 aromatic heterocycles. The predicted octanol–water partition coefficient (Wildman–Crippen LogP) is 5.26. The van der Waals surface area contributed by atoms with E-state index >= 15 is 0 Å². The average Bonchev–Trinajstić information content (AvgIpc) is 3.61. The molecule has 1 saturated heterocycles. The molecular weight excluding hydrogens is 507 g/mol. The van der Waals surface area contributed by atoms with Gasteiger partial charge in [-0.25, -0.2) is 4.31 Å². The average molecular weight is 540 g/mol. The van der Waals surface area contributed by atoms with Gasteiger partial charge in [0.05, 0.1) is 12.1 Å². The summed E-state index contributed by atoms with van der Waals surface area (Å²) in [6.07, 6.45) is -6.48. The van der Waals surface area contributed by atoms with Crippen molar-refractivity contribution < 1.29 is 28.1 Å². The van der Waals surface area contributed by atoms with E-state index < -0.39 is 25.1 Å². The standard InChI is InChI=1S/C25H32F3N5O3S/c1-5-32(6-2)37-16-9-7-15(8-10-16)33(23(30)21-24(36-21)31-13-25(26,27)28)22(29)18-11-17(14(3)4)19(34)12-20(18)35/h7-12,14,21,24,29-31,34-35H,5-6,13H2,1-4H3. The molecular formula is C25H32F3N5O3S. The molecule has 1 aliphatic rings. The highest BCUT2D eigenvalue weighted by Gasteiger charge is 2.47. The third-order valence-electron chi connectivity index (χ3n) is 5.79. The zero-order chi connectivity index (χ0) is 27.5. The number of phenolic OH excluding ortho intramolecular Hbond substituents is 2. The van der Waals surface area contributed by atoms with Gasteiger partial charge in [0.15, 0.2) is 6.10 Å². The first-order valence-electron chi connectivity index (χ1n) is 11.9. The van der Waals surface area contributed by atoms with Gasteiger partial charge in [0, 0.05) is 29.7 Å². The maximum atomic E-state index is 12.6. The molecule has 2 aromatic carbocycles. The minimum Gasteiger partial charge on any atom is -0.508 e. The summed E-state index contributed by atoms with van der Waals surface area (Å²) >= 11 is 1.56. The van der Waals surface area contributed by atoms with Crippen LogP contribution in [-0.4, -0.2) is 64.3 Å². The lowest BCUT2D eigenvalue weighted by molar-refractivity contribution is -0.126. The molecule has 5 N–H and O–H groups in total. The van der Waals surface area contributed by atoms with Crippen LogP contribution in [0.5, 0.6) is 11.5 Å². The molecule has 0 saturated carbocycles. The van der Waals surface area contributed by atoms with Crippen LogP contribution in [-0.2, 0) is 4.74 Å². The second-order valence-corrected chi connectivity index (χ2v) is 10.00. The minimum atomic E-state index is -4.44. The fourth-order valence-corrected chi connectivity index (χ4v) is 4.55. The Bertz CT molecular complexity index is 1120. The number of anilines is 1. The van der Waals surface area contributed by atoms with Crippen molar-refractivity contribution in [3.8, 4) is 11.5 Å². The lowest BCUT2D eigenvalue weighted by Crippen LogP contribution is -2.42. The smallest absolute Gasteiger partial charge is 0.401 e. The Hall–Kier alpha value is -2.80. The predicted molar refractivity (Wildman–Crippen MR) is 139 cm³/mol. The number of phenols is 2. The van der Waals surface area contributed by atoms with Crippen LogP contribution < -0.4 is 10.2 Å². The first-order chi connectivity index (χ1) is 17.4. The van der Waals surface area contributed by atoms with Crippen LogP contribution >= 0.6 is 11.9 Å². The van der Waals surface area contributed by atoms with Crippen LogP contribution in [0.2, 0.25) is 0 Å². The maximum Gasteiger partial charge on any atom is 0.401 e. The zero-order valence-electron chi connectivity index (χ0n) is 21.1.